The van der Waals surface area contributed by atoms with Crippen molar-refractivity contribution in [3.05, 3.63) is 34.9 Å². The van der Waals surface area contributed by atoms with Gasteiger partial charge in [-0.25, -0.2) is 0 Å². The summed E-state index contributed by atoms with van der Waals surface area (Å²) in [7, 11) is 1.83. The van der Waals surface area contributed by atoms with Crippen LogP contribution in [0.3, 0.4) is 0 Å². The molecule has 1 aromatic carbocycles. The standard InChI is InChI=1S/C17H28N2O/c1-12-7-8-15(14(3)10-12)16(19-18)17(20-4)9-5-6-13(2)11-17/h7-8,10,13,16,19H,5-6,9,11,18H2,1-4H3. The molecule has 3 heteroatoms. The molecule has 1 aliphatic carbocycles. The highest BCUT2D eigenvalue weighted by Crippen LogP contribution is 2.43. The van der Waals surface area contributed by atoms with Gasteiger partial charge in [-0.05, 0) is 43.7 Å². The molecular formula is C17H28N2O. The fourth-order valence-electron chi connectivity index (χ4n) is 3.78. The Morgan fingerprint density at radius 2 is 2.15 bits per heavy atom. The average Bonchev–Trinajstić information content (AvgIpc) is 2.42. The second kappa shape index (κ2) is 6.25. The molecule has 0 aliphatic heterocycles. The van der Waals surface area contributed by atoms with Crippen LogP contribution in [0.5, 0.6) is 0 Å². The zero-order chi connectivity index (χ0) is 14.8. The quantitative estimate of drug-likeness (QED) is 0.654. The van der Waals surface area contributed by atoms with Gasteiger partial charge in [0.1, 0.15) is 0 Å². The maximum atomic E-state index is 6.00. The van der Waals surface area contributed by atoms with E-state index in [9.17, 15) is 0 Å². The molecule has 0 bridgehead atoms. The number of aryl methyl sites for hydroxylation is 2. The SMILES string of the molecule is COC1(C(NN)c2ccc(C)cc2C)CCCC(C)C1. The largest absolute Gasteiger partial charge is 0.376 e. The minimum atomic E-state index is -0.188. The first-order chi connectivity index (χ1) is 9.52. The van der Waals surface area contributed by atoms with E-state index >= 15 is 0 Å². The Hall–Kier alpha value is -0.900. The van der Waals surface area contributed by atoms with Crippen molar-refractivity contribution >= 4 is 0 Å². The average molecular weight is 276 g/mol. The highest BCUT2D eigenvalue weighted by molar-refractivity contribution is 5.34. The van der Waals surface area contributed by atoms with Gasteiger partial charge in [0.15, 0.2) is 0 Å². The third-order valence-corrected chi connectivity index (χ3v) is 4.83. The molecule has 20 heavy (non-hydrogen) atoms. The second-order valence-electron chi connectivity index (χ2n) is 6.43. The van der Waals surface area contributed by atoms with Gasteiger partial charge in [-0.15, -0.1) is 0 Å². The van der Waals surface area contributed by atoms with Gasteiger partial charge in [-0.3, -0.25) is 11.3 Å². The van der Waals surface area contributed by atoms with Crippen LogP contribution < -0.4 is 11.3 Å². The molecule has 3 atom stereocenters. The van der Waals surface area contributed by atoms with Gasteiger partial charge >= 0.3 is 0 Å². The number of rotatable bonds is 4. The Labute approximate surface area is 122 Å². The minimum absolute atomic E-state index is 0.0517. The van der Waals surface area contributed by atoms with Gasteiger partial charge in [0, 0.05) is 7.11 Å². The molecule has 1 aliphatic rings. The van der Waals surface area contributed by atoms with Crippen molar-refractivity contribution in [1.82, 2.24) is 5.43 Å². The molecule has 112 valence electrons. The highest BCUT2D eigenvalue weighted by Gasteiger charge is 2.43. The van der Waals surface area contributed by atoms with Crippen molar-refractivity contribution in [2.24, 2.45) is 11.8 Å². The molecule has 0 saturated heterocycles. The molecule has 0 heterocycles. The molecule has 0 radical (unpaired) electrons. The van der Waals surface area contributed by atoms with Gasteiger partial charge in [-0.1, -0.05) is 43.5 Å². The molecule has 0 spiro atoms. The van der Waals surface area contributed by atoms with Gasteiger partial charge in [0.25, 0.3) is 0 Å². The Morgan fingerprint density at radius 1 is 1.40 bits per heavy atom. The number of methoxy groups -OCH3 is 1. The number of hydrogen-bond donors (Lipinski definition) is 2. The lowest BCUT2D eigenvalue weighted by Gasteiger charge is -2.44. The maximum absolute atomic E-state index is 6.00. The third-order valence-electron chi connectivity index (χ3n) is 4.83. The van der Waals surface area contributed by atoms with E-state index in [0.29, 0.717) is 5.92 Å². The summed E-state index contributed by atoms with van der Waals surface area (Å²) in [6.07, 6.45) is 4.62. The molecule has 0 amide bonds. The van der Waals surface area contributed by atoms with Gasteiger partial charge in [-0.2, -0.15) is 0 Å². The minimum Gasteiger partial charge on any atom is -0.376 e. The number of nitrogens with one attached hydrogen (secondary N) is 1. The maximum Gasteiger partial charge on any atom is 0.0888 e. The third kappa shape index (κ3) is 2.90. The van der Waals surface area contributed by atoms with Crippen LogP contribution in [0.25, 0.3) is 0 Å². The monoisotopic (exact) mass is 276 g/mol. The number of benzene rings is 1. The highest BCUT2D eigenvalue weighted by atomic mass is 16.5. The summed E-state index contributed by atoms with van der Waals surface area (Å²) in [5, 5.41) is 0. The molecular weight excluding hydrogens is 248 g/mol. The van der Waals surface area contributed by atoms with Crippen LogP contribution in [-0.4, -0.2) is 12.7 Å². The summed E-state index contributed by atoms with van der Waals surface area (Å²) >= 11 is 0. The number of nitrogens with two attached hydrogens (primary N) is 1. The number of hydrazine groups is 1. The van der Waals surface area contributed by atoms with Crippen molar-refractivity contribution in [2.75, 3.05) is 7.11 Å². The van der Waals surface area contributed by atoms with E-state index in [1.807, 2.05) is 7.11 Å². The predicted molar refractivity (Wildman–Crippen MR) is 83.4 cm³/mol. The van der Waals surface area contributed by atoms with Gasteiger partial charge in [0.2, 0.25) is 0 Å². The van der Waals surface area contributed by atoms with Crippen molar-refractivity contribution in [1.29, 1.82) is 0 Å². The summed E-state index contributed by atoms with van der Waals surface area (Å²) in [5.41, 5.74) is 6.67. The van der Waals surface area contributed by atoms with E-state index in [4.69, 9.17) is 10.6 Å². The summed E-state index contributed by atoms with van der Waals surface area (Å²) in [6, 6.07) is 6.61. The number of hydrogen-bond acceptors (Lipinski definition) is 3. The van der Waals surface area contributed by atoms with E-state index < -0.39 is 0 Å². The zero-order valence-corrected chi connectivity index (χ0v) is 13.2. The Balaban J connectivity index is 2.38. The number of ether oxygens (including phenoxy) is 1. The molecule has 3 nitrogen and oxygen atoms in total. The van der Waals surface area contributed by atoms with Crippen molar-refractivity contribution < 1.29 is 4.74 Å². The van der Waals surface area contributed by atoms with E-state index in [-0.39, 0.29) is 11.6 Å². The smallest absolute Gasteiger partial charge is 0.0888 e. The van der Waals surface area contributed by atoms with E-state index in [0.717, 1.165) is 12.8 Å². The molecule has 3 N–H and O–H groups in total. The fraction of sp³-hybridized carbons (Fsp3) is 0.647. The summed E-state index contributed by atoms with van der Waals surface area (Å²) < 4.78 is 6.00. The fourth-order valence-corrected chi connectivity index (χ4v) is 3.78. The van der Waals surface area contributed by atoms with Crippen LogP contribution in [0.4, 0.5) is 0 Å². The first kappa shape index (κ1) is 15.5. The van der Waals surface area contributed by atoms with Crippen molar-refractivity contribution in [2.45, 2.75) is 58.1 Å². The van der Waals surface area contributed by atoms with E-state index in [2.05, 4.69) is 44.4 Å². The first-order valence-corrected chi connectivity index (χ1v) is 7.61. The van der Waals surface area contributed by atoms with Crippen molar-refractivity contribution in [3.63, 3.8) is 0 Å². The molecule has 2 rings (SSSR count). The van der Waals surface area contributed by atoms with Gasteiger partial charge in [0.05, 0.1) is 11.6 Å². The molecule has 1 saturated carbocycles. The van der Waals surface area contributed by atoms with Crippen LogP contribution in [0, 0.1) is 19.8 Å². The van der Waals surface area contributed by atoms with Gasteiger partial charge < -0.3 is 4.74 Å². The van der Waals surface area contributed by atoms with Crippen LogP contribution in [-0.2, 0) is 4.74 Å². The molecule has 0 aromatic heterocycles. The molecule has 3 unspecified atom stereocenters. The Morgan fingerprint density at radius 3 is 2.70 bits per heavy atom. The second-order valence-corrected chi connectivity index (χ2v) is 6.43. The summed E-state index contributed by atoms with van der Waals surface area (Å²) in [5.74, 6) is 6.60. The van der Waals surface area contributed by atoms with Crippen molar-refractivity contribution in [3.8, 4) is 0 Å². The van der Waals surface area contributed by atoms with E-state index in [1.165, 1.54) is 29.5 Å². The van der Waals surface area contributed by atoms with E-state index in [1.54, 1.807) is 0 Å². The lowest BCUT2D eigenvalue weighted by molar-refractivity contribution is -0.0807. The van der Waals surface area contributed by atoms with Crippen LogP contribution in [0.15, 0.2) is 18.2 Å². The Bertz CT molecular complexity index is 460. The zero-order valence-electron chi connectivity index (χ0n) is 13.2. The first-order valence-electron chi connectivity index (χ1n) is 7.61. The summed E-state index contributed by atoms with van der Waals surface area (Å²) in [4.78, 5) is 0. The van der Waals surface area contributed by atoms with Crippen LogP contribution in [0.1, 0.15) is 55.3 Å². The Kier molecular flexibility index (Phi) is 4.84. The topological polar surface area (TPSA) is 47.3 Å². The lowest BCUT2D eigenvalue weighted by atomic mass is 9.72. The lowest BCUT2D eigenvalue weighted by Crippen LogP contribution is -2.50. The normalized spacial score (nSPS) is 28.4. The molecule has 1 fully saturated rings. The van der Waals surface area contributed by atoms with Crippen LogP contribution in [0.2, 0.25) is 0 Å². The predicted octanol–water partition coefficient (Wildman–Crippen LogP) is 3.40. The summed E-state index contributed by atoms with van der Waals surface area (Å²) in [6.45, 7) is 6.58. The molecule has 1 aromatic rings. The van der Waals surface area contributed by atoms with Crippen LogP contribution >= 0.6 is 0 Å².